The Morgan fingerprint density at radius 2 is 1.56 bits per heavy atom. The molecular weight excluding hydrogens is 339 g/mol. The number of carbonyl (C=O) groups is 2. The lowest BCUT2D eigenvalue weighted by Gasteiger charge is -2.34. The van der Waals surface area contributed by atoms with E-state index in [-0.39, 0.29) is 12.2 Å². The summed E-state index contributed by atoms with van der Waals surface area (Å²) in [6, 6.07) is 0. The van der Waals surface area contributed by atoms with E-state index in [2.05, 4.69) is 15.1 Å². The van der Waals surface area contributed by atoms with Crippen LogP contribution in [0.15, 0.2) is 11.8 Å². The van der Waals surface area contributed by atoms with Crippen molar-refractivity contribution in [3.63, 3.8) is 0 Å². The molecule has 0 atom stereocenters. The number of aliphatic hydroxyl groups excluding tert-OH is 1. The van der Waals surface area contributed by atoms with Crippen molar-refractivity contribution in [2.24, 2.45) is 5.92 Å². The van der Waals surface area contributed by atoms with E-state index in [1.165, 1.54) is 6.20 Å². The molecule has 0 aromatic carbocycles. The molecule has 0 amide bonds. The highest BCUT2D eigenvalue weighted by Gasteiger charge is 2.46. The van der Waals surface area contributed by atoms with Crippen LogP contribution in [-0.4, -0.2) is 85.1 Å². The number of Topliss-reactive ketones (excluding diaryl/α,β-unsaturated/α-hetero) is 2. The second kappa shape index (κ2) is 8.77. The number of aliphatic hydroxyl groups is 1. The van der Waals surface area contributed by atoms with E-state index in [4.69, 9.17) is 5.11 Å². The van der Waals surface area contributed by atoms with Gasteiger partial charge in [0.25, 0.3) is 0 Å². The zero-order chi connectivity index (χ0) is 18.4. The van der Waals surface area contributed by atoms with Crippen molar-refractivity contribution in [2.45, 2.75) is 19.0 Å². The molecule has 9 heteroatoms. The predicted molar refractivity (Wildman–Crippen MR) is 84.8 cm³/mol. The van der Waals surface area contributed by atoms with Crippen LogP contribution in [0.3, 0.4) is 0 Å². The van der Waals surface area contributed by atoms with E-state index in [9.17, 15) is 22.8 Å². The molecule has 2 fully saturated rings. The molecule has 25 heavy (non-hydrogen) atoms. The molecule has 0 aromatic rings. The Morgan fingerprint density at radius 3 is 2.04 bits per heavy atom. The first-order chi connectivity index (χ1) is 11.8. The summed E-state index contributed by atoms with van der Waals surface area (Å²) < 4.78 is 37.9. The highest BCUT2D eigenvalue weighted by atomic mass is 19.4. The highest BCUT2D eigenvalue weighted by Crippen LogP contribution is 2.36. The van der Waals surface area contributed by atoms with Gasteiger partial charge in [-0.25, -0.2) is 0 Å². The van der Waals surface area contributed by atoms with Crippen molar-refractivity contribution in [2.75, 3.05) is 52.4 Å². The van der Waals surface area contributed by atoms with Gasteiger partial charge in [-0.2, -0.15) is 13.2 Å². The minimum absolute atomic E-state index is 0.145. The second-order valence-electron chi connectivity index (χ2n) is 6.41. The molecule has 2 rings (SSSR count). The lowest BCUT2D eigenvalue weighted by atomic mass is 9.84. The van der Waals surface area contributed by atoms with Crippen LogP contribution in [0.1, 0.15) is 12.8 Å². The average Bonchev–Trinajstić information content (AvgIpc) is 2.54. The smallest absolute Gasteiger partial charge is 0.392 e. The fourth-order valence-corrected chi connectivity index (χ4v) is 3.06. The standard InChI is InChI=1S/C16H24F3N3O3/c17-16(18,19)12-9-14(24)13(15(25)10-12)11-20-1-2-21-3-5-22(6-4-21)7-8-23/h11-12,20,23H,1-10H2. The topological polar surface area (TPSA) is 72.9 Å². The zero-order valence-corrected chi connectivity index (χ0v) is 14.0. The molecule has 1 saturated heterocycles. The van der Waals surface area contributed by atoms with Crippen molar-refractivity contribution in [1.29, 1.82) is 0 Å². The van der Waals surface area contributed by atoms with Crippen LogP contribution in [-0.2, 0) is 9.59 Å². The number of nitrogens with zero attached hydrogens (tertiary/aromatic N) is 2. The molecule has 0 bridgehead atoms. The maximum absolute atomic E-state index is 12.6. The molecule has 1 aliphatic heterocycles. The van der Waals surface area contributed by atoms with Gasteiger partial charge in [0, 0.05) is 64.9 Å². The van der Waals surface area contributed by atoms with Crippen molar-refractivity contribution in [3.05, 3.63) is 11.8 Å². The molecular formula is C16H24F3N3O3. The van der Waals surface area contributed by atoms with Gasteiger partial charge >= 0.3 is 6.18 Å². The Bertz CT molecular complexity index is 494. The van der Waals surface area contributed by atoms with Gasteiger partial charge in [-0.15, -0.1) is 0 Å². The minimum atomic E-state index is -4.51. The van der Waals surface area contributed by atoms with Gasteiger partial charge < -0.3 is 10.4 Å². The monoisotopic (exact) mass is 363 g/mol. The van der Waals surface area contributed by atoms with Crippen LogP contribution in [0.4, 0.5) is 13.2 Å². The number of piperazine rings is 1. The summed E-state index contributed by atoms with van der Waals surface area (Å²) in [4.78, 5) is 28.0. The normalized spacial score (nSPS) is 23.8. The molecule has 142 valence electrons. The lowest BCUT2D eigenvalue weighted by Crippen LogP contribution is -2.48. The van der Waals surface area contributed by atoms with Gasteiger partial charge in [0.05, 0.1) is 18.1 Å². The number of hydrogen-bond acceptors (Lipinski definition) is 6. The number of nitrogens with one attached hydrogen (secondary N) is 1. The van der Waals surface area contributed by atoms with Crippen LogP contribution >= 0.6 is 0 Å². The summed E-state index contributed by atoms with van der Waals surface area (Å²) in [7, 11) is 0. The van der Waals surface area contributed by atoms with Gasteiger partial charge in [0.2, 0.25) is 0 Å². The van der Waals surface area contributed by atoms with E-state index < -0.39 is 36.5 Å². The van der Waals surface area contributed by atoms with Gasteiger partial charge in [0.1, 0.15) is 0 Å². The number of halogens is 3. The van der Waals surface area contributed by atoms with Crippen molar-refractivity contribution < 1.29 is 27.9 Å². The molecule has 0 spiro atoms. The van der Waals surface area contributed by atoms with Crippen molar-refractivity contribution >= 4 is 11.6 Å². The highest BCUT2D eigenvalue weighted by molar-refractivity contribution is 6.21. The summed E-state index contributed by atoms with van der Waals surface area (Å²) >= 11 is 0. The van der Waals surface area contributed by atoms with Gasteiger partial charge in [0.15, 0.2) is 11.6 Å². The lowest BCUT2D eigenvalue weighted by molar-refractivity contribution is -0.183. The third-order valence-electron chi connectivity index (χ3n) is 4.63. The Morgan fingerprint density at radius 1 is 1.04 bits per heavy atom. The first kappa shape index (κ1) is 19.9. The van der Waals surface area contributed by atoms with Crippen LogP contribution in [0.25, 0.3) is 0 Å². The van der Waals surface area contributed by atoms with Gasteiger partial charge in [-0.3, -0.25) is 19.4 Å². The molecule has 0 unspecified atom stereocenters. The maximum atomic E-state index is 12.6. The van der Waals surface area contributed by atoms with E-state index in [0.717, 1.165) is 26.2 Å². The Kier molecular flexibility index (Phi) is 6.97. The quantitative estimate of drug-likeness (QED) is 0.399. The number of hydrogen-bond donors (Lipinski definition) is 2. The van der Waals surface area contributed by atoms with Crippen molar-refractivity contribution in [3.8, 4) is 0 Å². The predicted octanol–water partition coefficient (Wildman–Crippen LogP) is 0.180. The number of rotatable bonds is 6. The third-order valence-corrected chi connectivity index (χ3v) is 4.63. The fraction of sp³-hybridized carbons (Fsp3) is 0.750. The SMILES string of the molecule is O=C1CC(C(F)(F)F)CC(=O)C1=CNCCN1CCN(CCO)CC1. The molecule has 6 nitrogen and oxygen atoms in total. The molecule has 2 N–H and O–H groups in total. The Labute approximate surface area is 144 Å². The summed E-state index contributed by atoms with van der Waals surface area (Å²) in [5.74, 6) is -3.35. The fourth-order valence-electron chi connectivity index (χ4n) is 3.06. The number of ketones is 2. The first-order valence-electron chi connectivity index (χ1n) is 8.43. The van der Waals surface area contributed by atoms with E-state index >= 15 is 0 Å². The van der Waals surface area contributed by atoms with E-state index in [1.807, 2.05) is 0 Å². The molecule has 0 aromatic heterocycles. The summed E-state index contributed by atoms with van der Waals surface area (Å²) in [6.45, 7) is 5.51. The summed E-state index contributed by atoms with van der Waals surface area (Å²) in [5.41, 5.74) is -0.159. The van der Waals surface area contributed by atoms with Gasteiger partial charge in [-0.1, -0.05) is 0 Å². The van der Waals surface area contributed by atoms with Crippen molar-refractivity contribution in [1.82, 2.24) is 15.1 Å². The summed E-state index contributed by atoms with van der Waals surface area (Å²) in [6.07, 6.45) is -4.56. The molecule has 1 saturated carbocycles. The minimum Gasteiger partial charge on any atom is -0.395 e. The number of β-amino-alcohol motifs (C(OH)–C–C–N with tert-alkyl or cyclic N) is 1. The number of allylic oxidation sites excluding steroid dienone is 1. The molecule has 1 aliphatic carbocycles. The Balaban J connectivity index is 1.74. The van der Waals surface area contributed by atoms with E-state index in [1.54, 1.807) is 0 Å². The van der Waals surface area contributed by atoms with Crippen LogP contribution in [0, 0.1) is 5.92 Å². The molecule has 0 radical (unpaired) electrons. The third kappa shape index (κ3) is 5.79. The van der Waals surface area contributed by atoms with Crippen LogP contribution in [0.5, 0.6) is 0 Å². The van der Waals surface area contributed by atoms with Gasteiger partial charge in [-0.05, 0) is 0 Å². The maximum Gasteiger partial charge on any atom is 0.392 e. The average molecular weight is 363 g/mol. The largest absolute Gasteiger partial charge is 0.395 e. The number of alkyl halides is 3. The summed E-state index contributed by atoms with van der Waals surface area (Å²) in [5, 5.41) is 11.8. The first-order valence-corrected chi connectivity index (χ1v) is 8.43. The second-order valence-corrected chi connectivity index (χ2v) is 6.41. The Hall–Kier alpha value is -1.45. The molecule has 1 heterocycles. The number of carbonyl (C=O) groups excluding carboxylic acids is 2. The van der Waals surface area contributed by atoms with E-state index in [0.29, 0.717) is 19.6 Å². The van der Waals surface area contributed by atoms with Crippen LogP contribution in [0.2, 0.25) is 0 Å². The molecule has 2 aliphatic rings. The van der Waals surface area contributed by atoms with Crippen LogP contribution < -0.4 is 5.32 Å². The zero-order valence-electron chi connectivity index (χ0n) is 14.0.